The van der Waals surface area contributed by atoms with Crippen molar-refractivity contribution in [3.63, 3.8) is 0 Å². The van der Waals surface area contributed by atoms with Gasteiger partial charge in [0.15, 0.2) is 0 Å². The minimum absolute atomic E-state index is 0.188. The SMILES string of the molecule is CNc1nc(Cl)nc(N(C)C(C)c2cccs2)n1. The zero-order valence-corrected chi connectivity index (χ0v) is 12.0. The molecule has 0 aliphatic heterocycles. The Morgan fingerprint density at radius 3 is 2.78 bits per heavy atom. The topological polar surface area (TPSA) is 53.9 Å². The van der Waals surface area contributed by atoms with Crippen LogP contribution in [0, 0.1) is 0 Å². The number of hydrogen-bond acceptors (Lipinski definition) is 6. The predicted octanol–water partition coefficient (Wildman–Crippen LogP) is 2.83. The number of halogens is 1. The van der Waals surface area contributed by atoms with E-state index in [9.17, 15) is 0 Å². The molecule has 0 spiro atoms. The van der Waals surface area contributed by atoms with Crippen molar-refractivity contribution in [2.75, 3.05) is 24.3 Å². The fourth-order valence-corrected chi connectivity index (χ4v) is 2.48. The van der Waals surface area contributed by atoms with Gasteiger partial charge in [-0.15, -0.1) is 11.3 Å². The molecule has 96 valence electrons. The van der Waals surface area contributed by atoms with E-state index < -0.39 is 0 Å². The fourth-order valence-electron chi connectivity index (χ4n) is 1.50. The van der Waals surface area contributed by atoms with E-state index >= 15 is 0 Å². The lowest BCUT2D eigenvalue weighted by Gasteiger charge is -2.24. The Bertz CT molecular complexity index is 516. The average molecular weight is 284 g/mol. The Labute approximate surface area is 115 Å². The highest BCUT2D eigenvalue weighted by Gasteiger charge is 2.17. The molecule has 2 aromatic heterocycles. The molecular weight excluding hydrogens is 270 g/mol. The summed E-state index contributed by atoms with van der Waals surface area (Å²) in [5.74, 6) is 1.02. The van der Waals surface area contributed by atoms with Crippen LogP contribution in [0.5, 0.6) is 0 Å². The van der Waals surface area contributed by atoms with E-state index in [0.717, 1.165) is 0 Å². The molecule has 7 heteroatoms. The Morgan fingerprint density at radius 2 is 2.17 bits per heavy atom. The molecule has 1 atom stereocenters. The van der Waals surface area contributed by atoms with Crippen molar-refractivity contribution in [2.24, 2.45) is 0 Å². The Balaban J connectivity index is 2.28. The third-order valence-electron chi connectivity index (χ3n) is 2.67. The molecule has 2 aromatic rings. The van der Waals surface area contributed by atoms with Crippen molar-refractivity contribution in [1.29, 1.82) is 0 Å². The second kappa shape index (κ2) is 5.49. The third-order valence-corrected chi connectivity index (χ3v) is 3.88. The second-order valence-electron chi connectivity index (χ2n) is 3.78. The second-order valence-corrected chi connectivity index (χ2v) is 5.10. The van der Waals surface area contributed by atoms with Gasteiger partial charge in [0, 0.05) is 19.0 Å². The number of anilines is 2. The van der Waals surface area contributed by atoms with Crippen LogP contribution in [0.4, 0.5) is 11.9 Å². The number of hydrogen-bond donors (Lipinski definition) is 1. The number of thiophene rings is 1. The lowest BCUT2D eigenvalue weighted by atomic mass is 10.2. The molecule has 0 bridgehead atoms. The lowest BCUT2D eigenvalue weighted by molar-refractivity contribution is 0.724. The van der Waals surface area contributed by atoms with Gasteiger partial charge in [-0.25, -0.2) is 0 Å². The molecule has 2 rings (SSSR count). The van der Waals surface area contributed by atoms with Crippen LogP contribution in [0.2, 0.25) is 5.28 Å². The van der Waals surface area contributed by atoms with Gasteiger partial charge >= 0.3 is 0 Å². The van der Waals surface area contributed by atoms with Crippen molar-refractivity contribution in [2.45, 2.75) is 13.0 Å². The normalized spacial score (nSPS) is 12.2. The Morgan fingerprint density at radius 1 is 1.39 bits per heavy atom. The van der Waals surface area contributed by atoms with Crippen molar-refractivity contribution in [3.05, 3.63) is 27.7 Å². The number of nitrogens with zero attached hydrogens (tertiary/aromatic N) is 4. The van der Waals surface area contributed by atoms with Crippen LogP contribution >= 0.6 is 22.9 Å². The maximum absolute atomic E-state index is 5.88. The molecular formula is C11H14ClN5S. The molecule has 0 amide bonds. The summed E-state index contributed by atoms with van der Waals surface area (Å²) in [5.41, 5.74) is 0. The van der Waals surface area contributed by atoms with E-state index in [-0.39, 0.29) is 11.3 Å². The minimum Gasteiger partial charge on any atom is -0.357 e. The van der Waals surface area contributed by atoms with Crippen molar-refractivity contribution in [1.82, 2.24) is 15.0 Å². The molecule has 0 fully saturated rings. The smallest absolute Gasteiger partial charge is 0.231 e. The molecule has 0 radical (unpaired) electrons. The summed E-state index contributed by atoms with van der Waals surface area (Å²) in [6, 6.07) is 4.31. The molecule has 5 nitrogen and oxygen atoms in total. The van der Waals surface area contributed by atoms with Gasteiger partial charge in [0.1, 0.15) is 0 Å². The molecule has 0 saturated carbocycles. The molecule has 0 aliphatic rings. The Kier molecular flexibility index (Phi) is 3.98. The van der Waals surface area contributed by atoms with Crippen LogP contribution in [0.25, 0.3) is 0 Å². The van der Waals surface area contributed by atoms with Crippen LogP contribution in [0.1, 0.15) is 17.8 Å². The van der Waals surface area contributed by atoms with Crippen LogP contribution in [0.3, 0.4) is 0 Å². The highest BCUT2D eigenvalue weighted by molar-refractivity contribution is 7.10. The number of nitrogens with one attached hydrogen (secondary N) is 1. The van der Waals surface area contributed by atoms with Gasteiger partial charge in [-0.05, 0) is 30.0 Å². The van der Waals surface area contributed by atoms with Crippen molar-refractivity contribution >= 4 is 34.8 Å². The third kappa shape index (κ3) is 2.70. The predicted molar refractivity (Wildman–Crippen MR) is 75.5 cm³/mol. The zero-order chi connectivity index (χ0) is 13.1. The first-order valence-electron chi connectivity index (χ1n) is 5.47. The number of rotatable bonds is 4. The van der Waals surface area contributed by atoms with E-state index in [2.05, 4.69) is 38.6 Å². The maximum Gasteiger partial charge on any atom is 0.231 e. The zero-order valence-electron chi connectivity index (χ0n) is 10.4. The van der Waals surface area contributed by atoms with Gasteiger partial charge in [0.2, 0.25) is 17.2 Å². The maximum atomic E-state index is 5.88. The van der Waals surface area contributed by atoms with Gasteiger partial charge < -0.3 is 10.2 Å². The first-order valence-corrected chi connectivity index (χ1v) is 6.73. The van der Waals surface area contributed by atoms with E-state index in [4.69, 9.17) is 11.6 Å². The van der Waals surface area contributed by atoms with Crippen LogP contribution < -0.4 is 10.2 Å². The van der Waals surface area contributed by atoms with E-state index in [1.54, 1.807) is 18.4 Å². The standard InChI is InChI=1S/C11H14ClN5S/c1-7(8-5-4-6-18-8)17(3)11-15-9(12)14-10(13-2)16-11/h4-7H,1-3H3,(H,13,14,15,16). The van der Waals surface area contributed by atoms with Gasteiger partial charge in [0.25, 0.3) is 0 Å². The largest absolute Gasteiger partial charge is 0.357 e. The van der Waals surface area contributed by atoms with Gasteiger partial charge in [-0.1, -0.05) is 6.07 Å². The Hall–Kier alpha value is -1.40. The molecule has 1 unspecified atom stereocenters. The summed E-state index contributed by atoms with van der Waals surface area (Å²) in [6.45, 7) is 2.10. The number of aromatic nitrogens is 3. The molecule has 0 aliphatic carbocycles. The summed E-state index contributed by atoms with van der Waals surface area (Å²) >= 11 is 7.58. The summed E-state index contributed by atoms with van der Waals surface area (Å²) < 4.78 is 0. The first-order chi connectivity index (χ1) is 8.61. The van der Waals surface area contributed by atoms with E-state index in [1.165, 1.54) is 4.88 Å². The molecule has 1 N–H and O–H groups in total. The highest BCUT2D eigenvalue weighted by atomic mass is 35.5. The van der Waals surface area contributed by atoms with Gasteiger partial charge in [-0.3, -0.25) is 0 Å². The molecule has 0 saturated heterocycles. The lowest BCUT2D eigenvalue weighted by Crippen LogP contribution is -2.23. The van der Waals surface area contributed by atoms with Crippen molar-refractivity contribution < 1.29 is 0 Å². The fraction of sp³-hybridized carbons (Fsp3) is 0.364. The van der Waals surface area contributed by atoms with Crippen LogP contribution in [0.15, 0.2) is 17.5 Å². The van der Waals surface area contributed by atoms with Gasteiger partial charge in [-0.2, -0.15) is 15.0 Å². The van der Waals surface area contributed by atoms with Crippen molar-refractivity contribution in [3.8, 4) is 0 Å². The summed E-state index contributed by atoms with van der Waals surface area (Å²) in [7, 11) is 3.69. The quantitative estimate of drug-likeness (QED) is 0.935. The minimum atomic E-state index is 0.188. The summed E-state index contributed by atoms with van der Waals surface area (Å²) in [6.07, 6.45) is 0. The van der Waals surface area contributed by atoms with Gasteiger partial charge in [0.05, 0.1) is 6.04 Å². The highest BCUT2D eigenvalue weighted by Crippen LogP contribution is 2.26. The van der Waals surface area contributed by atoms with E-state index in [1.807, 2.05) is 18.0 Å². The monoisotopic (exact) mass is 283 g/mol. The molecule has 2 heterocycles. The molecule has 0 aromatic carbocycles. The van der Waals surface area contributed by atoms with Crippen LogP contribution in [-0.2, 0) is 0 Å². The summed E-state index contributed by atoms with van der Waals surface area (Å²) in [4.78, 5) is 15.6. The average Bonchev–Trinajstić information content (AvgIpc) is 2.90. The van der Waals surface area contributed by atoms with Crippen LogP contribution in [-0.4, -0.2) is 29.0 Å². The summed E-state index contributed by atoms with van der Waals surface area (Å²) in [5, 5.41) is 5.11. The molecule has 18 heavy (non-hydrogen) atoms. The first kappa shape index (κ1) is 13.0. The van der Waals surface area contributed by atoms with E-state index in [0.29, 0.717) is 11.9 Å².